The van der Waals surface area contributed by atoms with Crippen LogP contribution < -0.4 is 5.32 Å². The molecule has 94 valence electrons. The van der Waals surface area contributed by atoms with Gasteiger partial charge in [0, 0.05) is 15.2 Å². The van der Waals surface area contributed by atoms with Gasteiger partial charge in [0.1, 0.15) is 0 Å². The molecule has 1 fully saturated rings. The van der Waals surface area contributed by atoms with Crippen LogP contribution in [0.15, 0.2) is 30.4 Å². The molecule has 18 heavy (non-hydrogen) atoms. The molecule has 0 aromatic heterocycles. The molecule has 0 aliphatic heterocycles. The van der Waals surface area contributed by atoms with Gasteiger partial charge < -0.3 is 5.32 Å². The average Bonchev–Trinajstić information content (AvgIpc) is 2.94. The number of carbonyl (C=O) groups is 1. The lowest BCUT2D eigenvalue weighted by atomic mass is 9.92. The maximum atomic E-state index is 12.3. The number of hydrogen-bond donors (Lipinski definition) is 1. The zero-order chi connectivity index (χ0) is 12.7. The molecule has 2 bridgehead atoms. The fourth-order valence-electron chi connectivity index (χ4n) is 3.07. The summed E-state index contributed by atoms with van der Waals surface area (Å²) in [5, 5.41) is 3.09. The highest BCUT2D eigenvalue weighted by atomic mass is 127. The summed E-state index contributed by atoms with van der Waals surface area (Å²) < 4.78 is 1.20. The Hall–Kier alpha value is -0.840. The van der Waals surface area contributed by atoms with E-state index in [1.807, 2.05) is 19.1 Å². The molecule has 0 radical (unpaired) electrons. The quantitative estimate of drug-likeness (QED) is 0.637. The molecule has 0 heterocycles. The molecular formula is C15H16INO. The van der Waals surface area contributed by atoms with E-state index in [4.69, 9.17) is 0 Å². The summed E-state index contributed by atoms with van der Waals surface area (Å²) in [7, 11) is 0. The monoisotopic (exact) mass is 353 g/mol. The predicted molar refractivity (Wildman–Crippen MR) is 81.4 cm³/mol. The van der Waals surface area contributed by atoms with E-state index in [2.05, 4.69) is 46.1 Å². The first-order chi connectivity index (χ1) is 8.63. The number of rotatable bonds is 2. The van der Waals surface area contributed by atoms with E-state index in [-0.39, 0.29) is 11.8 Å². The molecule has 2 aliphatic carbocycles. The molecular weight excluding hydrogens is 337 g/mol. The van der Waals surface area contributed by atoms with E-state index in [9.17, 15) is 4.79 Å². The van der Waals surface area contributed by atoms with Crippen molar-refractivity contribution in [1.29, 1.82) is 0 Å². The van der Waals surface area contributed by atoms with Crippen molar-refractivity contribution < 1.29 is 4.79 Å². The van der Waals surface area contributed by atoms with E-state index >= 15 is 0 Å². The van der Waals surface area contributed by atoms with E-state index in [0.29, 0.717) is 11.8 Å². The van der Waals surface area contributed by atoms with Crippen molar-refractivity contribution in [1.82, 2.24) is 0 Å². The Morgan fingerprint density at radius 2 is 2.17 bits per heavy atom. The highest BCUT2D eigenvalue weighted by Gasteiger charge is 2.39. The zero-order valence-electron chi connectivity index (χ0n) is 10.3. The molecule has 1 N–H and O–H groups in total. The predicted octanol–water partition coefficient (Wildman–Crippen LogP) is 3.75. The van der Waals surface area contributed by atoms with Gasteiger partial charge in [0.15, 0.2) is 0 Å². The fourth-order valence-corrected chi connectivity index (χ4v) is 3.72. The molecule has 1 aromatic carbocycles. The number of allylic oxidation sites excluding steroid dienone is 2. The van der Waals surface area contributed by atoms with Gasteiger partial charge in [0.2, 0.25) is 5.91 Å². The minimum Gasteiger partial charge on any atom is -0.326 e. The lowest BCUT2D eigenvalue weighted by Crippen LogP contribution is -2.26. The van der Waals surface area contributed by atoms with Crippen LogP contribution in [0.1, 0.15) is 18.4 Å². The SMILES string of the molecule is Cc1cc(I)ccc1NC(=O)C1CC2C=CC1C2. The largest absolute Gasteiger partial charge is 0.326 e. The summed E-state index contributed by atoms with van der Waals surface area (Å²) in [4.78, 5) is 12.3. The Morgan fingerprint density at radius 1 is 1.33 bits per heavy atom. The molecule has 3 atom stereocenters. The second-order valence-corrected chi connectivity index (χ2v) is 6.58. The third-order valence-corrected chi connectivity index (χ3v) is 4.73. The molecule has 2 aliphatic rings. The lowest BCUT2D eigenvalue weighted by molar-refractivity contribution is -0.120. The number of hydrogen-bond acceptors (Lipinski definition) is 1. The summed E-state index contributed by atoms with van der Waals surface area (Å²) >= 11 is 2.29. The van der Waals surface area contributed by atoms with Crippen molar-refractivity contribution in [2.24, 2.45) is 17.8 Å². The zero-order valence-corrected chi connectivity index (χ0v) is 12.5. The smallest absolute Gasteiger partial charge is 0.228 e. The summed E-state index contributed by atoms with van der Waals surface area (Å²) in [5.74, 6) is 1.48. The fraction of sp³-hybridized carbons (Fsp3) is 0.400. The Morgan fingerprint density at radius 3 is 2.78 bits per heavy atom. The van der Waals surface area contributed by atoms with Gasteiger partial charge in [-0.25, -0.2) is 0 Å². The maximum absolute atomic E-state index is 12.3. The van der Waals surface area contributed by atoms with Crippen LogP contribution in [0.25, 0.3) is 0 Å². The highest BCUT2D eigenvalue weighted by molar-refractivity contribution is 14.1. The van der Waals surface area contributed by atoms with Gasteiger partial charge >= 0.3 is 0 Å². The molecule has 2 nitrogen and oxygen atoms in total. The van der Waals surface area contributed by atoms with Gasteiger partial charge in [-0.3, -0.25) is 4.79 Å². The normalized spacial score (nSPS) is 28.7. The molecule has 0 saturated heterocycles. The van der Waals surface area contributed by atoms with Crippen molar-refractivity contribution in [2.75, 3.05) is 5.32 Å². The number of anilines is 1. The molecule has 0 spiro atoms. The van der Waals surface area contributed by atoms with Crippen molar-refractivity contribution in [2.45, 2.75) is 19.8 Å². The third kappa shape index (κ3) is 2.20. The lowest BCUT2D eigenvalue weighted by Gasteiger charge is -2.18. The molecule has 1 aromatic rings. The summed E-state index contributed by atoms with van der Waals surface area (Å²) in [6.07, 6.45) is 6.68. The second kappa shape index (κ2) is 4.68. The topological polar surface area (TPSA) is 29.1 Å². The molecule has 1 amide bonds. The number of aryl methyl sites for hydroxylation is 1. The summed E-state index contributed by atoms with van der Waals surface area (Å²) in [6.45, 7) is 2.04. The highest BCUT2D eigenvalue weighted by Crippen LogP contribution is 2.43. The maximum Gasteiger partial charge on any atom is 0.228 e. The van der Waals surface area contributed by atoms with Gasteiger partial charge in [-0.05, 0) is 78.0 Å². The first-order valence-electron chi connectivity index (χ1n) is 6.39. The standard InChI is InChI=1S/C15H16INO/c1-9-6-12(16)4-5-14(9)17-15(18)13-8-10-2-3-11(13)7-10/h2-6,10-11,13H,7-8H2,1H3,(H,17,18). The summed E-state index contributed by atoms with van der Waals surface area (Å²) in [5.41, 5.74) is 2.08. The Bertz CT molecular complexity index is 523. The minimum atomic E-state index is 0.179. The Kier molecular flexibility index (Phi) is 3.18. The molecule has 3 heteroatoms. The van der Waals surface area contributed by atoms with Crippen LogP contribution in [-0.4, -0.2) is 5.91 Å². The number of benzene rings is 1. The van der Waals surface area contributed by atoms with E-state index in [1.165, 1.54) is 9.99 Å². The average molecular weight is 353 g/mol. The van der Waals surface area contributed by atoms with Crippen LogP contribution in [0.5, 0.6) is 0 Å². The van der Waals surface area contributed by atoms with Crippen LogP contribution in [0.4, 0.5) is 5.69 Å². The number of nitrogens with one attached hydrogen (secondary N) is 1. The van der Waals surface area contributed by atoms with Gasteiger partial charge in [0.05, 0.1) is 0 Å². The van der Waals surface area contributed by atoms with E-state index in [0.717, 1.165) is 17.7 Å². The van der Waals surface area contributed by atoms with Crippen LogP contribution in [0.2, 0.25) is 0 Å². The number of amides is 1. The minimum absolute atomic E-state index is 0.179. The first kappa shape index (κ1) is 12.2. The van der Waals surface area contributed by atoms with Crippen LogP contribution in [0, 0.1) is 28.2 Å². The Labute approximate surface area is 121 Å². The second-order valence-electron chi connectivity index (χ2n) is 5.34. The van der Waals surface area contributed by atoms with E-state index < -0.39 is 0 Å². The number of halogens is 1. The van der Waals surface area contributed by atoms with E-state index in [1.54, 1.807) is 0 Å². The van der Waals surface area contributed by atoms with Gasteiger partial charge in [-0.2, -0.15) is 0 Å². The van der Waals surface area contributed by atoms with Crippen molar-refractivity contribution in [3.8, 4) is 0 Å². The van der Waals surface area contributed by atoms with Crippen molar-refractivity contribution >= 4 is 34.2 Å². The van der Waals surface area contributed by atoms with Crippen LogP contribution in [-0.2, 0) is 4.79 Å². The first-order valence-corrected chi connectivity index (χ1v) is 7.46. The van der Waals surface area contributed by atoms with Crippen LogP contribution >= 0.6 is 22.6 Å². The van der Waals surface area contributed by atoms with Gasteiger partial charge in [-0.1, -0.05) is 12.2 Å². The molecule has 3 unspecified atom stereocenters. The summed E-state index contributed by atoms with van der Waals surface area (Å²) in [6, 6.07) is 6.12. The Balaban J connectivity index is 1.73. The van der Waals surface area contributed by atoms with Crippen molar-refractivity contribution in [3.05, 3.63) is 39.5 Å². The van der Waals surface area contributed by atoms with Gasteiger partial charge in [0.25, 0.3) is 0 Å². The van der Waals surface area contributed by atoms with Crippen LogP contribution in [0.3, 0.4) is 0 Å². The number of fused-ring (bicyclic) bond motifs is 2. The molecule has 3 rings (SSSR count). The third-order valence-electron chi connectivity index (χ3n) is 4.06. The van der Waals surface area contributed by atoms with Crippen molar-refractivity contribution in [3.63, 3.8) is 0 Å². The van der Waals surface area contributed by atoms with Gasteiger partial charge in [-0.15, -0.1) is 0 Å². The molecule has 1 saturated carbocycles. The number of carbonyl (C=O) groups excluding carboxylic acids is 1.